The molecule has 0 unspecified atom stereocenters. The predicted octanol–water partition coefficient (Wildman–Crippen LogP) is 1.88. The van der Waals surface area contributed by atoms with Gasteiger partial charge in [0.1, 0.15) is 17.2 Å². The summed E-state index contributed by atoms with van der Waals surface area (Å²) in [7, 11) is 0. The number of hydrogen-bond acceptors (Lipinski definition) is 8. The standard InChI is InChI=1S/C15H13FN8S/c16-8-3-5-25-9(8)6-24-15-7(2-1-4-20-15)11(23-24)14-21-12(18)10(17)13(19)22-14/h1-5H,6,17H2,(H4,18,19,21,22). The van der Waals surface area contributed by atoms with E-state index < -0.39 is 0 Å². The number of rotatable bonds is 3. The maximum absolute atomic E-state index is 13.8. The average molecular weight is 356 g/mol. The molecule has 0 atom stereocenters. The molecule has 4 aromatic rings. The number of anilines is 3. The molecule has 0 bridgehead atoms. The van der Waals surface area contributed by atoms with E-state index in [1.54, 1.807) is 22.3 Å². The molecule has 0 saturated carbocycles. The van der Waals surface area contributed by atoms with Crippen LogP contribution >= 0.6 is 11.3 Å². The van der Waals surface area contributed by atoms with Crippen LogP contribution in [0, 0.1) is 5.82 Å². The van der Waals surface area contributed by atoms with Gasteiger partial charge in [0.05, 0.1) is 16.8 Å². The van der Waals surface area contributed by atoms with Crippen LogP contribution in [0.3, 0.4) is 0 Å². The number of pyridine rings is 1. The van der Waals surface area contributed by atoms with Crippen LogP contribution in [-0.2, 0) is 6.54 Å². The summed E-state index contributed by atoms with van der Waals surface area (Å²) in [5.74, 6) is 0.132. The van der Waals surface area contributed by atoms with E-state index in [1.165, 1.54) is 17.4 Å². The smallest absolute Gasteiger partial charge is 0.184 e. The van der Waals surface area contributed by atoms with Crippen molar-refractivity contribution in [2.45, 2.75) is 6.54 Å². The summed E-state index contributed by atoms with van der Waals surface area (Å²) in [5, 5.41) is 6.91. The van der Waals surface area contributed by atoms with Gasteiger partial charge in [0.2, 0.25) is 0 Å². The van der Waals surface area contributed by atoms with E-state index in [2.05, 4.69) is 20.1 Å². The zero-order chi connectivity index (χ0) is 17.6. The van der Waals surface area contributed by atoms with Gasteiger partial charge in [0, 0.05) is 6.20 Å². The molecule has 0 aliphatic rings. The Bertz CT molecular complexity index is 1060. The van der Waals surface area contributed by atoms with Crippen LogP contribution in [0.4, 0.5) is 21.7 Å². The summed E-state index contributed by atoms with van der Waals surface area (Å²) in [6.07, 6.45) is 1.64. The molecule has 0 radical (unpaired) electrons. The number of hydrogen-bond donors (Lipinski definition) is 3. The third kappa shape index (κ3) is 2.52. The van der Waals surface area contributed by atoms with Gasteiger partial charge < -0.3 is 17.2 Å². The summed E-state index contributed by atoms with van der Waals surface area (Å²) in [6, 6.07) is 5.02. The zero-order valence-corrected chi connectivity index (χ0v) is 13.7. The van der Waals surface area contributed by atoms with Gasteiger partial charge in [-0.3, -0.25) is 0 Å². The summed E-state index contributed by atoms with van der Waals surface area (Å²) in [6.45, 7) is 0.247. The normalized spacial score (nSPS) is 11.2. The Morgan fingerprint density at radius 1 is 1.12 bits per heavy atom. The highest BCUT2D eigenvalue weighted by Gasteiger charge is 2.18. The molecule has 0 saturated heterocycles. The van der Waals surface area contributed by atoms with Crippen molar-refractivity contribution in [2.24, 2.45) is 0 Å². The quantitative estimate of drug-likeness (QED) is 0.510. The molecule has 4 aromatic heterocycles. The molecular formula is C15H13FN8S. The van der Waals surface area contributed by atoms with E-state index in [-0.39, 0.29) is 35.5 Å². The van der Waals surface area contributed by atoms with Crippen molar-refractivity contribution in [1.29, 1.82) is 0 Å². The van der Waals surface area contributed by atoms with Gasteiger partial charge in [-0.15, -0.1) is 11.3 Å². The Morgan fingerprint density at radius 3 is 2.56 bits per heavy atom. The van der Waals surface area contributed by atoms with E-state index in [1.807, 2.05) is 6.07 Å². The number of aromatic nitrogens is 5. The van der Waals surface area contributed by atoms with Crippen molar-refractivity contribution < 1.29 is 4.39 Å². The molecule has 0 aliphatic heterocycles. The number of nitrogen functional groups attached to an aromatic ring is 3. The minimum atomic E-state index is -0.275. The highest BCUT2D eigenvalue weighted by atomic mass is 32.1. The summed E-state index contributed by atoms with van der Waals surface area (Å²) >= 11 is 1.31. The lowest BCUT2D eigenvalue weighted by atomic mass is 10.2. The molecule has 0 aliphatic carbocycles. The fraction of sp³-hybridized carbons (Fsp3) is 0.0667. The molecule has 8 nitrogen and oxygen atoms in total. The first-order valence-corrected chi connectivity index (χ1v) is 8.15. The predicted molar refractivity (Wildman–Crippen MR) is 95.2 cm³/mol. The zero-order valence-electron chi connectivity index (χ0n) is 12.8. The second-order valence-electron chi connectivity index (χ2n) is 5.30. The number of nitrogens with zero attached hydrogens (tertiary/aromatic N) is 5. The Hall–Kier alpha value is -3.27. The van der Waals surface area contributed by atoms with Crippen LogP contribution in [0.1, 0.15) is 4.88 Å². The molecule has 4 rings (SSSR count). The second-order valence-corrected chi connectivity index (χ2v) is 6.30. The summed E-state index contributed by atoms with van der Waals surface area (Å²) < 4.78 is 15.4. The minimum Gasteiger partial charge on any atom is -0.393 e. The van der Waals surface area contributed by atoms with Crippen molar-refractivity contribution in [3.63, 3.8) is 0 Å². The number of thiophene rings is 1. The van der Waals surface area contributed by atoms with E-state index >= 15 is 0 Å². The van der Waals surface area contributed by atoms with Crippen LogP contribution in [-0.4, -0.2) is 24.7 Å². The van der Waals surface area contributed by atoms with Crippen LogP contribution in [0.2, 0.25) is 0 Å². The Morgan fingerprint density at radius 2 is 1.88 bits per heavy atom. The van der Waals surface area contributed by atoms with Crippen molar-refractivity contribution in [1.82, 2.24) is 24.7 Å². The van der Waals surface area contributed by atoms with Gasteiger partial charge in [-0.1, -0.05) is 0 Å². The third-order valence-corrected chi connectivity index (χ3v) is 4.59. The fourth-order valence-electron chi connectivity index (χ4n) is 2.47. The van der Waals surface area contributed by atoms with Crippen molar-refractivity contribution in [3.05, 3.63) is 40.5 Å². The fourth-order valence-corrected chi connectivity index (χ4v) is 3.20. The number of halogens is 1. The van der Waals surface area contributed by atoms with E-state index in [9.17, 15) is 4.39 Å². The summed E-state index contributed by atoms with van der Waals surface area (Å²) in [4.78, 5) is 13.2. The van der Waals surface area contributed by atoms with Crippen LogP contribution in [0.5, 0.6) is 0 Å². The van der Waals surface area contributed by atoms with Crippen LogP contribution in [0.15, 0.2) is 29.8 Å². The first kappa shape index (κ1) is 15.3. The van der Waals surface area contributed by atoms with Gasteiger partial charge in [-0.05, 0) is 23.6 Å². The average Bonchev–Trinajstić information content (AvgIpc) is 3.17. The first-order chi connectivity index (χ1) is 12.0. The van der Waals surface area contributed by atoms with Gasteiger partial charge in [-0.2, -0.15) is 5.10 Å². The number of fused-ring (bicyclic) bond motifs is 1. The van der Waals surface area contributed by atoms with E-state index in [0.29, 0.717) is 21.6 Å². The SMILES string of the molecule is Nc1nc(-c2nn(Cc3sccc3F)c3ncccc23)nc(N)c1N. The van der Waals surface area contributed by atoms with Crippen molar-refractivity contribution in [3.8, 4) is 11.5 Å². The van der Waals surface area contributed by atoms with Crippen LogP contribution < -0.4 is 17.2 Å². The van der Waals surface area contributed by atoms with Crippen molar-refractivity contribution in [2.75, 3.05) is 17.2 Å². The topological polar surface area (TPSA) is 135 Å². The maximum Gasteiger partial charge on any atom is 0.184 e. The second kappa shape index (κ2) is 5.67. The Kier molecular flexibility index (Phi) is 3.46. The molecule has 0 amide bonds. The Labute approximate surface area is 145 Å². The highest BCUT2D eigenvalue weighted by Crippen LogP contribution is 2.29. The molecule has 10 heteroatoms. The monoisotopic (exact) mass is 356 g/mol. The van der Waals surface area contributed by atoms with Crippen molar-refractivity contribution >= 4 is 39.7 Å². The molecule has 6 N–H and O–H groups in total. The molecule has 0 spiro atoms. The lowest BCUT2D eigenvalue weighted by molar-refractivity contribution is 0.600. The molecule has 4 heterocycles. The molecule has 25 heavy (non-hydrogen) atoms. The first-order valence-electron chi connectivity index (χ1n) is 7.27. The molecule has 0 fully saturated rings. The number of nitrogens with two attached hydrogens (primary N) is 3. The molecular weight excluding hydrogens is 343 g/mol. The van der Waals surface area contributed by atoms with Gasteiger partial charge >= 0.3 is 0 Å². The third-order valence-electron chi connectivity index (χ3n) is 3.71. The lowest BCUT2D eigenvalue weighted by Gasteiger charge is -2.04. The van der Waals surface area contributed by atoms with E-state index in [4.69, 9.17) is 17.2 Å². The van der Waals surface area contributed by atoms with E-state index in [0.717, 1.165) is 0 Å². The van der Waals surface area contributed by atoms with Gasteiger partial charge in [-0.25, -0.2) is 24.0 Å². The molecule has 0 aromatic carbocycles. The summed E-state index contributed by atoms with van der Waals surface area (Å²) in [5.41, 5.74) is 18.4. The lowest BCUT2D eigenvalue weighted by Crippen LogP contribution is -2.07. The maximum atomic E-state index is 13.8. The largest absolute Gasteiger partial charge is 0.393 e. The highest BCUT2D eigenvalue weighted by molar-refractivity contribution is 7.09. The van der Waals surface area contributed by atoms with Gasteiger partial charge in [0.25, 0.3) is 0 Å². The molecule has 126 valence electrons. The Balaban J connectivity index is 1.89. The minimum absolute atomic E-state index is 0.0818. The van der Waals surface area contributed by atoms with Gasteiger partial charge in [0.15, 0.2) is 23.1 Å². The van der Waals surface area contributed by atoms with Crippen LogP contribution in [0.25, 0.3) is 22.6 Å².